The molecule has 0 aliphatic rings. The second kappa shape index (κ2) is 5.16. The molecule has 6 nitrogen and oxygen atoms in total. The first kappa shape index (κ1) is 13.8. The van der Waals surface area contributed by atoms with E-state index in [4.69, 9.17) is 0 Å². The topological polar surface area (TPSA) is 92.5 Å². The number of amides is 1. The quantitative estimate of drug-likeness (QED) is 0.664. The zero-order valence-corrected chi connectivity index (χ0v) is 11.1. The molecule has 1 amide bonds. The molecule has 2 N–H and O–H groups in total. The largest absolute Gasteiger partial charge is 0.508 e. The monoisotopic (exact) mass is 274 g/mol. The molecule has 2 aromatic rings. The summed E-state index contributed by atoms with van der Waals surface area (Å²) >= 11 is 0. The van der Waals surface area contributed by atoms with Gasteiger partial charge in [0, 0.05) is 11.6 Å². The molecular weight excluding hydrogens is 260 g/mol. The highest BCUT2D eigenvalue weighted by Crippen LogP contribution is 2.32. The number of benzene rings is 2. The predicted octanol–water partition coefficient (Wildman–Crippen LogP) is 3.05. The summed E-state index contributed by atoms with van der Waals surface area (Å²) in [6.07, 6.45) is 0. The first-order chi connectivity index (χ1) is 9.38. The Balaban J connectivity index is 2.52. The van der Waals surface area contributed by atoms with Crippen LogP contribution in [0.1, 0.15) is 13.8 Å². The zero-order valence-electron chi connectivity index (χ0n) is 11.1. The third kappa shape index (κ3) is 2.69. The van der Waals surface area contributed by atoms with Gasteiger partial charge in [-0.15, -0.1) is 0 Å². The van der Waals surface area contributed by atoms with E-state index >= 15 is 0 Å². The minimum atomic E-state index is -0.559. The smallest absolute Gasteiger partial charge is 0.280 e. The molecule has 0 atom stereocenters. The maximum atomic E-state index is 11.6. The summed E-state index contributed by atoms with van der Waals surface area (Å²) < 4.78 is 0. The number of phenols is 1. The van der Waals surface area contributed by atoms with Crippen molar-refractivity contribution in [3.63, 3.8) is 0 Å². The van der Waals surface area contributed by atoms with Crippen molar-refractivity contribution < 1.29 is 14.8 Å². The van der Waals surface area contributed by atoms with Gasteiger partial charge in [-0.25, -0.2) is 0 Å². The van der Waals surface area contributed by atoms with Crippen molar-refractivity contribution in [2.75, 3.05) is 5.32 Å². The van der Waals surface area contributed by atoms with Gasteiger partial charge in [0.25, 0.3) is 5.69 Å². The molecule has 0 unspecified atom stereocenters. The Morgan fingerprint density at radius 2 is 2.00 bits per heavy atom. The molecule has 6 heteroatoms. The van der Waals surface area contributed by atoms with E-state index in [2.05, 4.69) is 5.32 Å². The Morgan fingerprint density at radius 1 is 1.30 bits per heavy atom. The SMILES string of the molecule is CC(C)C(=O)Nc1ccc2cc(O)cc([N+](=O)[O-])c2c1. The van der Waals surface area contributed by atoms with E-state index in [0.29, 0.717) is 16.5 Å². The number of nitrogens with one attached hydrogen (secondary N) is 1. The molecule has 0 bridgehead atoms. The normalized spacial score (nSPS) is 10.8. The van der Waals surface area contributed by atoms with E-state index in [1.165, 1.54) is 12.1 Å². The number of phenolic OH excluding ortho intramolecular Hbond substituents is 1. The molecular formula is C14H14N2O4. The van der Waals surface area contributed by atoms with Crippen LogP contribution in [0.15, 0.2) is 30.3 Å². The number of carbonyl (C=O) groups excluding carboxylic acids is 1. The summed E-state index contributed by atoms with van der Waals surface area (Å²) in [6.45, 7) is 3.52. The Labute approximate surface area is 115 Å². The fraction of sp³-hybridized carbons (Fsp3) is 0.214. The highest BCUT2D eigenvalue weighted by molar-refractivity contribution is 5.98. The first-order valence-corrected chi connectivity index (χ1v) is 6.10. The minimum absolute atomic E-state index is 0.161. The van der Waals surface area contributed by atoms with Gasteiger partial charge in [-0.2, -0.15) is 0 Å². The fourth-order valence-corrected chi connectivity index (χ4v) is 1.84. The molecule has 2 rings (SSSR count). The molecule has 0 saturated heterocycles. The van der Waals surface area contributed by atoms with Crippen LogP contribution in [-0.4, -0.2) is 15.9 Å². The Hall–Kier alpha value is -2.63. The van der Waals surface area contributed by atoms with Gasteiger partial charge in [0.15, 0.2) is 0 Å². The number of fused-ring (bicyclic) bond motifs is 1. The van der Waals surface area contributed by atoms with E-state index < -0.39 is 4.92 Å². The lowest BCUT2D eigenvalue weighted by molar-refractivity contribution is -0.383. The van der Waals surface area contributed by atoms with Gasteiger partial charge >= 0.3 is 0 Å². The predicted molar refractivity (Wildman–Crippen MR) is 75.7 cm³/mol. The maximum absolute atomic E-state index is 11.6. The molecule has 0 aromatic heterocycles. The van der Waals surface area contributed by atoms with Crippen molar-refractivity contribution in [2.45, 2.75) is 13.8 Å². The lowest BCUT2D eigenvalue weighted by Crippen LogP contribution is -2.17. The van der Waals surface area contributed by atoms with Crippen molar-refractivity contribution in [3.8, 4) is 5.75 Å². The van der Waals surface area contributed by atoms with Gasteiger partial charge in [0.2, 0.25) is 5.91 Å². The first-order valence-electron chi connectivity index (χ1n) is 6.10. The van der Waals surface area contributed by atoms with Crippen LogP contribution >= 0.6 is 0 Å². The van der Waals surface area contributed by atoms with E-state index in [0.717, 1.165) is 6.07 Å². The number of nitrogens with zero attached hydrogens (tertiary/aromatic N) is 1. The highest BCUT2D eigenvalue weighted by Gasteiger charge is 2.15. The summed E-state index contributed by atoms with van der Waals surface area (Å²) in [5.41, 5.74) is 0.297. The molecule has 0 radical (unpaired) electrons. The maximum Gasteiger partial charge on any atom is 0.280 e. The van der Waals surface area contributed by atoms with Gasteiger partial charge in [0.05, 0.1) is 16.4 Å². The van der Waals surface area contributed by atoms with Gasteiger partial charge in [0.1, 0.15) is 5.75 Å². The molecule has 20 heavy (non-hydrogen) atoms. The van der Waals surface area contributed by atoms with Crippen LogP contribution in [0.2, 0.25) is 0 Å². The minimum Gasteiger partial charge on any atom is -0.508 e. The second-order valence-electron chi connectivity index (χ2n) is 4.80. The lowest BCUT2D eigenvalue weighted by atomic mass is 10.1. The highest BCUT2D eigenvalue weighted by atomic mass is 16.6. The average Bonchev–Trinajstić information content (AvgIpc) is 2.37. The van der Waals surface area contributed by atoms with E-state index in [1.54, 1.807) is 26.0 Å². The molecule has 104 valence electrons. The van der Waals surface area contributed by atoms with Crippen LogP contribution in [0.4, 0.5) is 11.4 Å². The van der Waals surface area contributed by atoms with Crippen LogP contribution in [0.5, 0.6) is 5.75 Å². The molecule has 0 aliphatic heterocycles. The van der Waals surface area contributed by atoms with Crippen LogP contribution in [-0.2, 0) is 4.79 Å². The zero-order chi connectivity index (χ0) is 14.9. The van der Waals surface area contributed by atoms with Crippen LogP contribution in [0, 0.1) is 16.0 Å². The Bertz CT molecular complexity index is 695. The number of hydrogen-bond acceptors (Lipinski definition) is 4. The molecule has 0 spiro atoms. The molecule has 0 saturated carbocycles. The Morgan fingerprint density at radius 3 is 2.60 bits per heavy atom. The van der Waals surface area contributed by atoms with Gasteiger partial charge in [-0.05, 0) is 23.6 Å². The third-order valence-electron chi connectivity index (χ3n) is 2.91. The van der Waals surface area contributed by atoms with Crippen molar-refractivity contribution in [3.05, 3.63) is 40.4 Å². The van der Waals surface area contributed by atoms with Crippen molar-refractivity contribution >= 4 is 28.1 Å². The summed E-state index contributed by atoms with van der Waals surface area (Å²) in [7, 11) is 0. The van der Waals surface area contributed by atoms with E-state index in [9.17, 15) is 20.0 Å². The van der Waals surface area contributed by atoms with Gasteiger partial charge in [-0.1, -0.05) is 19.9 Å². The molecule has 0 fully saturated rings. The van der Waals surface area contributed by atoms with Crippen molar-refractivity contribution in [1.29, 1.82) is 0 Å². The lowest BCUT2D eigenvalue weighted by Gasteiger charge is -2.09. The molecule has 0 heterocycles. The molecule has 2 aromatic carbocycles. The molecule has 0 aliphatic carbocycles. The van der Waals surface area contributed by atoms with Gasteiger partial charge < -0.3 is 10.4 Å². The number of non-ortho nitro benzene ring substituents is 1. The summed E-state index contributed by atoms with van der Waals surface area (Å²) in [5, 5.41) is 24.1. The van der Waals surface area contributed by atoms with E-state index in [1.807, 2.05) is 0 Å². The number of aromatic hydroxyl groups is 1. The standard InChI is InChI=1S/C14H14N2O4/c1-8(2)14(18)15-10-4-3-9-5-11(17)7-13(16(19)20)12(9)6-10/h3-8,17H,1-2H3,(H,15,18). The fourth-order valence-electron chi connectivity index (χ4n) is 1.84. The Kier molecular flexibility index (Phi) is 3.56. The number of carbonyl (C=O) groups is 1. The van der Waals surface area contributed by atoms with Gasteiger partial charge in [-0.3, -0.25) is 14.9 Å². The summed E-state index contributed by atoms with van der Waals surface area (Å²) in [4.78, 5) is 22.1. The van der Waals surface area contributed by atoms with Crippen LogP contribution < -0.4 is 5.32 Å². The second-order valence-corrected chi connectivity index (χ2v) is 4.80. The van der Waals surface area contributed by atoms with E-state index in [-0.39, 0.29) is 23.3 Å². The number of nitro groups is 1. The number of rotatable bonds is 3. The number of anilines is 1. The van der Waals surface area contributed by atoms with Crippen molar-refractivity contribution in [1.82, 2.24) is 0 Å². The average molecular weight is 274 g/mol. The number of nitro benzene ring substituents is 1. The van der Waals surface area contributed by atoms with Crippen LogP contribution in [0.3, 0.4) is 0 Å². The third-order valence-corrected chi connectivity index (χ3v) is 2.91. The summed E-state index contributed by atoms with van der Waals surface area (Å²) in [6, 6.07) is 7.34. The number of hydrogen-bond donors (Lipinski definition) is 2. The van der Waals surface area contributed by atoms with Crippen LogP contribution in [0.25, 0.3) is 10.8 Å². The van der Waals surface area contributed by atoms with Crippen molar-refractivity contribution in [2.24, 2.45) is 5.92 Å². The summed E-state index contributed by atoms with van der Waals surface area (Å²) in [5.74, 6) is -0.505.